The Kier molecular flexibility index (Phi) is 7.75. The highest BCUT2D eigenvalue weighted by Crippen LogP contribution is 2.09. The molecule has 0 aliphatic carbocycles. The fourth-order valence-corrected chi connectivity index (χ4v) is 2.96. The molecule has 1 atom stereocenters. The highest BCUT2D eigenvalue weighted by molar-refractivity contribution is 5.97. The van der Waals surface area contributed by atoms with Crippen molar-refractivity contribution in [3.63, 3.8) is 0 Å². The van der Waals surface area contributed by atoms with E-state index < -0.39 is 6.04 Å². The van der Waals surface area contributed by atoms with Crippen LogP contribution in [0.15, 0.2) is 30.3 Å². The SMILES string of the molecule is CC(NC(=O)c1ccccc1)C(=O)NCCCN1CCCCCC1. The lowest BCUT2D eigenvalue weighted by Gasteiger charge is -2.20. The van der Waals surface area contributed by atoms with Crippen molar-refractivity contribution in [1.29, 1.82) is 0 Å². The van der Waals surface area contributed by atoms with Crippen LogP contribution >= 0.6 is 0 Å². The van der Waals surface area contributed by atoms with Gasteiger partial charge in [0.2, 0.25) is 5.91 Å². The minimum atomic E-state index is -0.532. The monoisotopic (exact) mass is 331 g/mol. The van der Waals surface area contributed by atoms with E-state index in [1.807, 2.05) is 18.2 Å². The molecule has 0 saturated carbocycles. The quantitative estimate of drug-likeness (QED) is 0.753. The molecule has 1 saturated heterocycles. The van der Waals surface area contributed by atoms with Crippen LogP contribution in [0.4, 0.5) is 0 Å². The van der Waals surface area contributed by atoms with E-state index in [1.165, 1.54) is 38.8 Å². The van der Waals surface area contributed by atoms with Crippen molar-refractivity contribution >= 4 is 11.8 Å². The standard InChI is InChI=1S/C19H29N3O2/c1-16(21-19(24)17-10-5-4-6-11-17)18(23)20-12-9-15-22-13-7-2-3-8-14-22/h4-6,10-11,16H,2-3,7-9,12-15H2,1H3,(H,20,23)(H,21,24). The highest BCUT2D eigenvalue weighted by atomic mass is 16.2. The summed E-state index contributed by atoms with van der Waals surface area (Å²) in [5.74, 6) is -0.349. The summed E-state index contributed by atoms with van der Waals surface area (Å²) in [6.45, 7) is 5.76. The summed E-state index contributed by atoms with van der Waals surface area (Å²) in [5.41, 5.74) is 0.568. The molecule has 1 unspecified atom stereocenters. The fraction of sp³-hybridized carbons (Fsp3) is 0.579. The minimum absolute atomic E-state index is 0.129. The fourth-order valence-electron chi connectivity index (χ4n) is 2.96. The van der Waals surface area contributed by atoms with Crippen molar-refractivity contribution in [3.8, 4) is 0 Å². The largest absolute Gasteiger partial charge is 0.354 e. The number of carbonyl (C=O) groups excluding carboxylic acids is 2. The van der Waals surface area contributed by atoms with Gasteiger partial charge in [0.1, 0.15) is 6.04 Å². The molecule has 1 aromatic carbocycles. The first-order chi connectivity index (χ1) is 11.7. The molecular formula is C19H29N3O2. The molecule has 1 aromatic rings. The third kappa shape index (κ3) is 6.32. The molecule has 2 N–H and O–H groups in total. The van der Waals surface area contributed by atoms with Crippen LogP contribution in [-0.2, 0) is 4.79 Å². The van der Waals surface area contributed by atoms with E-state index in [1.54, 1.807) is 19.1 Å². The summed E-state index contributed by atoms with van der Waals surface area (Å²) in [4.78, 5) is 26.6. The third-order valence-corrected chi connectivity index (χ3v) is 4.43. The molecule has 1 aliphatic heterocycles. The van der Waals surface area contributed by atoms with Gasteiger partial charge in [-0.25, -0.2) is 0 Å². The number of nitrogens with one attached hydrogen (secondary N) is 2. The van der Waals surface area contributed by atoms with E-state index in [-0.39, 0.29) is 11.8 Å². The Balaban J connectivity index is 1.63. The van der Waals surface area contributed by atoms with Gasteiger partial charge in [0.25, 0.3) is 5.91 Å². The maximum atomic E-state index is 12.1. The molecule has 1 aliphatic rings. The zero-order valence-electron chi connectivity index (χ0n) is 14.6. The molecule has 2 rings (SSSR count). The van der Waals surface area contributed by atoms with Crippen molar-refractivity contribution in [2.24, 2.45) is 0 Å². The molecule has 24 heavy (non-hydrogen) atoms. The van der Waals surface area contributed by atoms with Crippen LogP contribution in [0, 0.1) is 0 Å². The number of rotatable bonds is 7. The second-order valence-corrected chi connectivity index (χ2v) is 6.46. The lowest BCUT2D eigenvalue weighted by Crippen LogP contribution is -2.45. The van der Waals surface area contributed by atoms with Gasteiger partial charge in [0.15, 0.2) is 0 Å². The van der Waals surface area contributed by atoms with E-state index in [0.29, 0.717) is 12.1 Å². The second-order valence-electron chi connectivity index (χ2n) is 6.46. The Morgan fingerprint density at radius 1 is 1.08 bits per heavy atom. The molecule has 0 aromatic heterocycles. The first-order valence-corrected chi connectivity index (χ1v) is 9.03. The van der Waals surface area contributed by atoms with Gasteiger partial charge in [0.05, 0.1) is 0 Å². The van der Waals surface area contributed by atoms with Crippen molar-refractivity contribution in [3.05, 3.63) is 35.9 Å². The Morgan fingerprint density at radius 2 is 1.75 bits per heavy atom. The Hall–Kier alpha value is -1.88. The van der Waals surface area contributed by atoms with E-state index in [2.05, 4.69) is 15.5 Å². The molecule has 1 fully saturated rings. The summed E-state index contributed by atoms with van der Waals surface area (Å²) in [6, 6.07) is 8.42. The summed E-state index contributed by atoms with van der Waals surface area (Å²) < 4.78 is 0. The van der Waals surface area contributed by atoms with Gasteiger partial charge < -0.3 is 15.5 Å². The third-order valence-electron chi connectivity index (χ3n) is 4.43. The summed E-state index contributed by atoms with van der Waals surface area (Å²) in [7, 11) is 0. The average Bonchev–Trinajstić information content (AvgIpc) is 2.88. The van der Waals surface area contributed by atoms with Crippen LogP contribution in [0.1, 0.15) is 49.4 Å². The van der Waals surface area contributed by atoms with E-state index >= 15 is 0 Å². The topological polar surface area (TPSA) is 61.4 Å². The number of hydrogen-bond donors (Lipinski definition) is 2. The molecule has 0 radical (unpaired) electrons. The lowest BCUT2D eigenvalue weighted by molar-refractivity contribution is -0.122. The predicted octanol–water partition coefficient (Wildman–Crippen LogP) is 2.19. The van der Waals surface area contributed by atoms with Crippen LogP contribution in [-0.4, -0.2) is 48.9 Å². The molecular weight excluding hydrogens is 302 g/mol. The maximum Gasteiger partial charge on any atom is 0.251 e. The van der Waals surface area contributed by atoms with Crippen LogP contribution in [0.2, 0.25) is 0 Å². The summed E-state index contributed by atoms with van der Waals surface area (Å²) in [6.07, 6.45) is 6.20. The molecule has 5 nitrogen and oxygen atoms in total. The minimum Gasteiger partial charge on any atom is -0.354 e. The maximum absolute atomic E-state index is 12.1. The summed E-state index contributed by atoms with van der Waals surface area (Å²) in [5, 5.41) is 5.65. The molecule has 132 valence electrons. The van der Waals surface area contributed by atoms with Gasteiger partial charge in [-0.05, 0) is 58.0 Å². The second kappa shape index (κ2) is 10.1. The first-order valence-electron chi connectivity index (χ1n) is 9.03. The molecule has 0 spiro atoms. The van der Waals surface area contributed by atoms with Crippen molar-refractivity contribution in [1.82, 2.24) is 15.5 Å². The van der Waals surface area contributed by atoms with Crippen LogP contribution in [0.3, 0.4) is 0 Å². The van der Waals surface area contributed by atoms with Gasteiger partial charge >= 0.3 is 0 Å². The molecule has 5 heteroatoms. The van der Waals surface area contributed by atoms with Gasteiger partial charge in [0, 0.05) is 12.1 Å². The number of likely N-dealkylation sites (tertiary alicyclic amines) is 1. The van der Waals surface area contributed by atoms with Gasteiger partial charge in [-0.1, -0.05) is 31.0 Å². The first kappa shape index (κ1) is 18.5. The van der Waals surface area contributed by atoms with Crippen molar-refractivity contribution in [2.75, 3.05) is 26.2 Å². The Labute approximate surface area is 144 Å². The van der Waals surface area contributed by atoms with Crippen LogP contribution < -0.4 is 10.6 Å². The number of carbonyl (C=O) groups is 2. The zero-order chi connectivity index (χ0) is 17.2. The lowest BCUT2D eigenvalue weighted by atomic mass is 10.2. The molecule has 2 amide bonds. The van der Waals surface area contributed by atoms with Crippen LogP contribution in [0.25, 0.3) is 0 Å². The molecule has 0 bridgehead atoms. The van der Waals surface area contributed by atoms with E-state index in [0.717, 1.165) is 13.0 Å². The number of benzene rings is 1. The summed E-state index contributed by atoms with van der Waals surface area (Å²) >= 11 is 0. The number of nitrogens with zero attached hydrogens (tertiary/aromatic N) is 1. The average molecular weight is 331 g/mol. The smallest absolute Gasteiger partial charge is 0.251 e. The predicted molar refractivity (Wildman–Crippen MR) is 95.9 cm³/mol. The van der Waals surface area contributed by atoms with E-state index in [4.69, 9.17) is 0 Å². The molecule has 1 heterocycles. The number of hydrogen-bond acceptors (Lipinski definition) is 3. The van der Waals surface area contributed by atoms with Gasteiger partial charge in [-0.2, -0.15) is 0 Å². The van der Waals surface area contributed by atoms with Crippen molar-refractivity contribution < 1.29 is 9.59 Å². The van der Waals surface area contributed by atoms with Gasteiger partial charge in [-0.3, -0.25) is 9.59 Å². The Morgan fingerprint density at radius 3 is 2.42 bits per heavy atom. The zero-order valence-corrected chi connectivity index (χ0v) is 14.6. The van der Waals surface area contributed by atoms with E-state index in [9.17, 15) is 9.59 Å². The normalized spacial score (nSPS) is 16.9. The Bertz CT molecular complexity index is 511. The van der Waals surface area contributed by atoms with Crippen LogP contribution in [0.5, 0.6) is 0 Å². The number of amides is 2. The van der Waals surface area contributed by atoms with Crippen molar-refractivity contribution in [2.45, 2.75) is 45.1 Å². The van der Waals surface area contributed by atoms with Gasteiger partial charge in [-0.15, -0.1) is 0 Å². The highest BCUT2D eigenvalue weighted by Gasteiger charge is 2.16.